The molecule has 3 nitrogen and oxygen atoms in total. The van der Waals surface area contributed by atoms with Crippen LogP contribution in [0.2, 0.25) is 5.02 Å². The maximum atomic E-state index is 13.8. The van der Waals surface area contributed by atoms with Crippen molar-refractivity contribution in [2.45, 2.75) is 0 Å². The number of nitrogens with two attached hydrogens (primary N) is 1. The van der Waals surface area contributed by atoms with Gasteiger partial charge in [-0.15, -0.1) is 0 Å². The standard InChI is InChI=1S/C14H10ClFINO2/c1-20-7-2-3-9(16)8(6-7)14(19)12-11(18)5-4-10(17)13(12)15/h2-6H,18H2,1H3. The lowest BCUT2D eigenvalue weighted by atomic mass is 10.0. The summed E-state index contributed by atoms with van der Waals surface area (Å²) in [7, 11) is 1.44. The minimum atomic E-state index is -0.648. The second-order valence-electron chi connectivity index (χ2n) is 4.00. The van der Waals surface area contributed by atoms with Gasteiger partial charge >= 0.3 is 0 Å². The molecular weight excluding hydrogens is 396 g/mol. The summed E-state index contributed by atoms with van der Waals surface area (Å²) in [5.74, 6) is -0.831. The first-order valence-corrected chi connectivity index (χ1v) is 7.03. The first-order valence-electron chi connectivity index (χ1n) is 5.57. The smallest absolute Gasteiger partial charge is 0.199 e. The van der Waals surface area contributed by atoms with Crippen LogP contribution in [0, 0.1) is 9.39 Å². The Balaban J connectivity index is 2.60. The Bertz CT molecular complexity index is 691. The Hall–Kier alpha value is -1.34. The van der Waals surface area contributed by atoms with E-state index in [0.29, 0.717) is 9.32 Å². The quantitative estimate of drug-likeness (QED) is 0.479. The molecule has 0 spiro atoms. The van der Waals surface area contributed by atoms with Crippen LogP contribution in [-0.2, 0) is 0 Å². The molecule has 0 aromatic heterocycles. The molecule has 0 saturated heterocycles. The van der Waals surface area contributed by atoms with Crippen LogP contribution >= 0.6 is 34.2 Å². The summed E-state index contributed by atoms with van der Waals surface area (Å²) < 4.78 is 19.5. The Labute approximate surface area is 134 Å². The molecule has 0 aliphatic rings. The van der Waals surface area contributed by atoms with Crippen molar-refractivity contribution in [2.75, 3.05) is 12.8 Å². The molecule has 0 aliphatic heterocycles. The van der Waals surface area contributed by atoms with Gasteiger partial charge in [0.1, 0.15) is 11.6 Å². The molecule has 0 heterocycles. The van der Waals surface area contributed by atoms with E-state index in [1.54, 1.807) is 12.1 Å². The topological polar surface area (TPSA) is 52.3 Å². The highest BCUT2D eigenvalue weighted by molar-refractivity contribution is 14.1. The average Bonchev–Trinajstić information content (AvgIpc) is 2.43. The van der Waals surface area contributed by atoms with Crippen molar-refractivity contribution in [2.24, 2.45) is 0 Å². The SMILES string of the molecule is COc1ccc(F)c(C(=O)c2c(N)ccc(I)c2Cl)c1. The van der Waals surface area contributed by atoms with E-state index < -0.39 is 11.6 Å². The molecule has 2 aromatic rings. The summed E-state index contributed by atoms with van der Waals surface area (Å²) in [5.41, 5.74) is 5.98. The lowest BCUT2D eigenvalue weighted by Gasteiger charge is -2.10. The van der Waals surface area contributed by atoms with Gasteiger partial charge in [-0.3, -0.25) is 4.79 Å². The zero-order valence-electron chi connectivity index (χ0n) is 10.4. The van der Waals surface area contributed by atoms with Gasteiger partial charge in [0.2, 0.25) is 0 Å². The van der Waals surface area contributed by atoms with Crippen LogP contribution in [0.4, 0.5) is 10.1 Å². The van der Waals surface area contributed by atoms with E-state index >= 15 is 0 Å². The Kier molecular flexibility index (Phi) is 4.49. The summed E-state index contributed by atoms with van der Waals surface area (Å²) >= 11 is 8.09. The lowest BCUT2D eigenvalue weighted by Crippen LogP contribution is -2.09. The maximum Gasteiger partial charge on any atom is 0.199 e. The summed E-state index contributed by atoms with van der Waals surface area (Å²) in [6.07, 6.45) is 0. The van der Waals surface area contributed by atoms with Crippen molar-refractivity contribution >= 4 is 45.7 Å². The van der Waals surface area contributed by atoms with Crippen molar-refractivity contribution in [3.8, 4) is 5.75 Å². The third-order valence-corrected chi connectivity index (χ3v) is 4.38. The Morgan fingerprint density at radius 2 is 2.05 bits per heavy atom. The van der Waals surface area contributed by atoms with Gasteiger partial charge in [0.05, 0.1) is 23.3 Å². The van der Waals surface area contributed by atoms with E-state index in [0.717, 1.165) is 0 Å². The van der Waals surface area contributed by atoms with Gasteiger partial charge in [0.15, 0.2) is 5.78 Å². The number of hydrogen-bond donors (Lipinski definition) is 1. The van der Waals surface area contributed by atoms with Crippen molar-refractivity contribution in [3.05, 3.63) is 55.9 Å². The van der Waals surface area contributed by atoms with Crippen LogP contribution < -0.4 is 10.5 Å². The number of ketones is 1. The highest BCUT2D eigenvalue weighted by atomic mass is 127. The first-order chi connectivity index (χ1) is 9.45. The number of anilines is 1. The zero-order valence-corrected chi connectivity index (χ0v) is 13.3. The molecule has 6 heteroatoms. The first kappa shape index (κ1) is 15.1. The van der Waals surface area contributed by atoms with Crippen LogP contribution in [0.5, 0.6) is 5.75 Å². The molecular formula is C14H10ClFINO2. The molecule has 0 bridgehead atoms. The molecule has 0 radical (unpaired) electrons. The number of ether oxygens (including phenoxy) is 1. The number of methoxy groups -OCH3 is 1. The second kappa shape index (κ2) is 5.97. The maximum absolute atomic E-state index is 13.8. The number of rotatable bonds is 3. The molecule has 0 unspecified atom stereocenters. The van der Waals surface area contributed by atoms with Crippen molar-refractivity contribution in [3.63, 3.8) is 0 Å². The van der Waals surface area contributed by atoms with Gasteiger partial charge in [-0.2, -0.15) is 0 Å². The highest BCUT2D eigenvalue weighted by Gasteiger charge is 2.21. The monoisotopic (exact) mass is 405 g/mol. The van der Waals surface area contributed by atoms with Crippen LogP contribution in [0.15, 0.2) is 30.3 Å². The molecule has 2 aromatic carbocycles. The summed E-state index contributed by atoms with van der Waals surface area (Å²) in [5, 5.41) is 0.220. The highest BCUT2D eigenvalue weighted by Crippen LogP contribution is 2.31. The molecule has 20 heavy (non-hydrogen) atoms. The van der Waals surface area contributed by atoms with Crippen molar-refractivity contribution < 1.29 is 13.9 Å². The number of carbonyl (C=O) groups is 1. The minimum Gasteiger partial charge on any atom is -0.497 e. The van der Waals surface area contributed by atoms with Gasteiger partial charge in [-0.1, -0.05) is 11.6 Å². The molecule has 0 fully saturated rings. The van der Waals surface area contributed by atoms with Gasteiger partial charge in [-0.25, -0.2) is 4.39 Å². The third-order valence-electron chi connectivity index (χ3n) is 2.77. The van der Waals surface area contributed by atoms with Crippen LogP contribution in [0.1, 0.15) is 15.9 Å². The van der Waals surface area contributed by atoms with Gasteiger partial charge < -0.3 is 10.5 Å². The fraction of sp³-hybridized carbons (Fsp3) is 0.0714. The third kappa shape index (κ3) is 2.73. The molecule has 0 saturated carbocycles. The Morgan fingerprint density at radius 3 is 2.70 bits per heavy atom. The summed E-state index contributed by atoms with van der Waals surface area (Å²) in [4.78, 5) is 12.5. The van der Waals surface area contributed by atoms with Crippen molar-refractivity contribution in [1.29, 1.82) is 0 Å². The number of carbonyl (C=O) groups excluding carboxylic acids is 1. The van der Waals surface area contributed by atoms with E-state index in [1.807, 2.05) is 22.6 Å². The van der Waals surface area contributed by atoms with E-state index in [4.69, 9.17) is 22.1 Å². The van der Waals surface area contributed by atoms with Crippen LogP contribution in [-0.4, -0.2) is 12.9 Å². The number of nitrogen functional groups attached to an aromatic ring is 1. The Morgan fingerprint density at radius 1 is 1.35 bits per heavy atom. The molecule has 0 aliphatic carbocycles. The fourth-order valence-electron chi connectivity index (χ4n) is 1.74. The number of hydrogen-bond acceptors (Lipinski definition) is 3. The molecule has 0 atom stereocenters. The number of benzene rings is 2. The fourth-order valence-corrected chi connectivity index (χ4v) is 2.44. The van der Waals surface area contributed by atoms with Gasteiger partial charge in [0, 0.05) is 9.26 Å². The number of halogens is 3. The molecule has 104 valence electrons. The average molecular weight is 406 g/mol. The van der Waals surface area contributed by atoms with Crippen molar-refractivity contribution in [1.82, 2.24) is 0 Å². The van der Waals surface area contributed by atoms with Gasteiger partial charge in [-0.05, 0) is 52.9 Å². The summed E-state index contributed by atoms with van der Waals surface area (Å²) in [6, 6.07) is 7.19. The summed E-state index contributed by atoms with van der Waals surface area (Å²) in [6.45, 7) is 0. The minimum absolute atomic E-state index is 0.103. The zero-order chi connectivity index (χ0) is 14.9. The predicted molar refractivity (Wildman–Crippen MR) is 85.0 cm³/mol. The molecule has 2 N–H and O–H groups in total. The van der Waals surface area contributed by atoms with Crippen LogP contribution in [0.25, 0.3) is 0 Å². The largest absolute Gasteiger partial charge is 0.497 e. The van der Waals surface area contributed by atoms with Crippen LogP contribution in [0.3, 0.4) is 0 Å². The predicted octanol–water partition coefficient (Wildman–Crippen LogP) is 3.91. The van der Waals surface area contributed by atoms with E-state index in [2.05, 4.69) is 0 Å². The molecule has 0 amide bonds. The van der Waals surface area contributed by atoms with E-state index in [-0.39, 0.29) is 21.8 Å². The van der Waals surface area contributed by atoms with E-state index in [1.165, 1.54) is 25.3 Å². The lowest BCUT2D eigenvalue weighted by molar-refractivity contribution is 0.103. The molecule has 2 rings (SSSR count). The van der Waals surface area contributed by atoms with Gasteiger partial charge in [0.25, 0.3) is 0 Å². The van der Waals surface area contributed by atoms with E-state index in [9.17, 15) is 9.18 Å². The second-order valence-corrected chi connectivity index (χ2v) is 5.54. The normalized spacial score (nSPS) is 10.4.